The molecule has 0 spiro atoms. The van der Waals surface area contributed by atoms with E-state index in [0.717, 1.165) is 5.69 Å². The second-order valence-electron chi connectivity index (χ2n) is 5.24. The number of benzene rings is 1. The number of anilines is 2. The predicted octanol–water partition coefficient (Wildman–Crippen LogP) is 3.40. The van der Waals surface area contributed by atoms with Crippen LogP contribution in [0, 0.1) is 0 Å². The standard InChI is InChI=1S/C18H16ClN5O2/c1-26-16-6-5-12(10-14(16)19)23-17(25)15-7-9-21-18(24-15)22-11-13-4-2-3-8-20-13/h2-10H,11H2,1H3,(H,23,25)(H,21,22,24). The summed E-state index contributed by atoms with van der Waals surface area (Å²) in [7, 11) is 1.53. The first-order chi connectivity index (χ1) is 12.7. The summed E-state index contributed by atoms with van der Waals surface area (Å²) in [6, 6.07) is 12.1. The molecule has 3 rings (SSSR count). The van der Waals surface area contributed by atoms with Gasteiger partial charge >= 0.3 is 0 Å². The van der Waals surface area contributed by atoms with Gasteiger partial charge in [-0.2, -0.15) is 0 Å². The van der Waals surface area contributed by atoms with E-state index in [4.69, 9.17) is 16.3 Å². The lowest BCUT2D eigenvalue weighted by Crippen LogP contribution is -2.15. The molecule has 0 aliphatic rings. The molecule has 3 aromatic rings. The van der Waals surface area contributed by atoms with Crippen LogP contribution in [0.1, 0.15) is 16.2 Å². The van der Waals surface area contributed by atoms with Crippen LogP contribution in [0.2, 0.25) is 5.02 Å². The van der Waals surface area contributed by atoms with Crippen LogP contribution < -0.4 is 15.4 Å². The normalized spacial score (nSPS) is 10.2. The number of ether oxygens (including phenoxy) is 1. The van der Waals surface area contributed by atoms with Crippen molar-refractivity contribution >= 4 is 29.1 Å². The molecule has 0 aliphatic carbocycles. The minimum absolute atomic E-state index is 0.232. The Kier molecular flexibility index (Phi) is 5.60. The van der Waals surface area contributed by atoms with E-state index in [1.165, 1.54) is 19.4 Å². The van der Waals surface area contributed by atoms with Crippen LogP contribution in [-0.2, 0) is 6.54 Å². The van der Waals surface area contributed by atoms with Crippen LogP contribution in [0.15, 0.2) is 54.9 Å². The lowest BCUT2D eigenvalue weighted by molar-refractivity contribution is 0.102. The Balaban J connectivity index is 1.67. The molecule has 8 heteroatoms. The van der Waals surface area contributed by atoms with Crippen LogP contribution in [0.4, 0.5) is 11.6 Å². The zero-order valence-electron chi connectivity index (χ0n) is 13.9. The van der Waals surface area contributed by atoms with Crippen LogP contribution >= 0.6 is 11.6 Å². The third kappa shape index (κ3) is 4.46. The monoisotopic (exact) mass is 369 g/mol. The van der Waals surface area contributed by atoms with E-state index in [1.54, 1.807) is 24.4 Å². The molecule has 0 unspecified atom stereocenters. The molecule has 0 radical (unpaired) electrons. The van der Waals surface area contributed by atoms with Crippen LogP contribution in [-0.4, -0.2) is 28.0 Å². The minimum Gasteiger partial charge on any atom is -0.495 e. The molecule has 0 saturated carbocycles. The van der Waals surface area contributed by atoms with Gasteiger partial charge in [-0.3, -0.25) is 9.78 Å². The molecule has 2 heterocycles. The maximum atomic E-state index is 12.4. The molecular weight excluding hydrogens is 354 g/mol. The van der Waals surface area contributed by atoms with E-state index in [0.29, 0.717) is 29.0 Å². The summed E-state index contributed by atoms with van der Waals surface area (Å²) in [5.74, 6) is 0.512. The number of hydrogen-bond donors (Lipinski definition) is 2. The Morgan fingerprint density at radius 2 is 2.04 bits per heavy atom. The van der Waals surface area contributed by atoms with Gasteiger partial charge in [-0.05, 0) is 36.4 Å². The number of nitrogens with one attached hydrogen (secondary N) is 2. The molecule has 2 N–H and O–H groups in total. The van der Waals surface area contributed by atoms with E-state index in [9.17, 15) is 4.79 Å². The predicted molar refractivity (Wildman–Crippen MR) is 99.6 cm³/mol. The number of rotatable bonds is 6. The average Bonchev–Trinajstić information content (AvgIpc) is 2.67. The molecule has 0 saturated heterocycles. The van der Waals surface area contributed by atoms with Crippen molar-refractivity contribution in [1.29, 1.82) is 0 Å². The zero-order chi connectivity index (χ0) is 18.4. The van der Waals surface area contributed by atoms with Gasteiger partial charge in [-0.25, -0.2) is 9.97 Å². The van der Waals surface area contributed by atoms with E-state index in [1.807, 2.05) is 18.2 Å². The summed E-state index contributed by atoms with van der Waals surface area (Å²) in [4.78, 5) is 24.9. The smallest absolute Gasteiger partial charge is 0.274 e. The molecule has 0 atom stereocenters. The summed E-state index contributed by atoms with van der Waals surface area (Å²) >= 11 is 6.07. The molecule has 2 aromatic heterocycles. The molecule has 0 bridgehead atoms. The molecular formula is C18H16ClN5O2. The molecule has 7 nitrogen and oxygen atoms in total. The van der Waals surface area contributed by atoms with Crippen LogP contribution in [0.3, 0.4) is 0 Å². The van der Waals surface area contributed by atoms with Gasteiger partial charge in [0.15, 0.2) is 0 Å². The Hall–Kier alpha value is -3.19. The summed E-state index contributed by atoms with van der Waals surface area (Å²) in [6.07, 6.45) is 3.23. The van der Waals surface area contributed by atoms with Crippen molar-refractivity contribution < 1.29 is 9.53 Å². The first-order valence-corrected chi connectivity index (χ1v) is 8.15. The quantitative estimate of drug-likeness (QED) is 0.692. The fraction of sp³-hybridized carbons (Fsp3) is 0.111. The third-order valence-corrected chi connectivity index (χ3v) is 3.75. The lowest BCUT2D eigenvalue weighted by Gasteiger charge is -2.09. The van der Waals surface area contributed by atoms with Crippen molar-refractivity contribution in [3.05, 3.63) is 71.3 Å². The molecule has 132 valence electrons. The van der Waals surface area contributed by atoms with Gasteiger partial charge in [0.05, 0.1) is 24.4 Å². The highest BCUT2D eigenvalue weighted by Crippen LogP contribution is 2.27. The number of pyridine rings is 1. The summed E-state index contributed by atoms with van der Waals surface area (Å²) in [5.41, 5.74) is 1.62. The first-order valence-electron chi connectivity index (χ1n) is 7.77. The minimum atomic E-state index is -0.366. The Labute approximate surface area is 155 Å². The number of halogens is 1. The number of methoxy groups -OCH3 is 1. The number of carbonyl (C=O) groups is 1. The van der Waals surface area contributed by atoms with Gasteiger partial charge < -0.3 is 15.4 Å². The topological polar surface area (TPSA) is 89.0 Å². The number of carbonyl (C=O) groups excluding carboxylic acids is 1. The van der Waals surface area contributed by atoms with E-state index in [-0.39, 0.29) is 11.6 Å². The largest absolute Gasteiger partial charge is 0.495 e. The SMILES string of the molecule is COc1ccc(NC(=O)c2ccnc(NCc3ccccn3)n2)cc1Cl. The first kappa shape index (κ1) is 17.6. The lowest BCUT2D eigenvalue weighted by atomic mass is 10.3. The van der Waals surface area contributed by atoms with Gasteiger partial charge in [0.2, 0.25) is 5.95 Å². The van der Waals surface area contributed by atoms with Crippen molar-refractivity contribution in [3.8, 4) is 5.75 Å². The Morgan fingerprint density at radius 1 is 1.15 bits per heavy atom. The maximum absolute atomic E-state index is 12.4. The van der Waals surface area contributed by atoms with Gasteiger partial charge in [0.1, 0.15) is 11.4 Å². The summed E-state index contributed by atoms with van der Waals surface area (Å²) in [6.45, 7) is 0.458. The van der Waals surface area contributed by atoms with Crippen molar-refractivity contribution in [3.63, 3.8) is 0 Å². The second kappa shape index (κ2) is 8.26. The number of hydrogen-bond acceptors (Lipinski definition) is 6. The number of aromatic nitrogens is 3. The zero-order valence-corrected chi connectivity index (χ0v) is 14.7. The van der Waals surface area contributed by atoms with Crippen molar-refractivity contribution in [1.82, 2.24) is 15.0 Å². The van der Waals surface area contributed by atoms with Gasteiger partial charge in [-0.1, -0.05) is 17.7 Å². The fourth-order valence-electron chi connectivity index (χ4n) is 2.18. The van der Waals surface area contributed by atoms with Gasteiger partial charge in [0, 0.05) is 18.1 Å². The second-order valence-corrected chi connectivity index (χ2v) is 5.65. The van der Waals surface area contributed by atoms with Crippen molar-refractivity contribution in [2.75, 3.05) is 17.7 Å². The number of amides is 1. The van der Waals surface area contributed by atoms with Crippen LogP contribution in [0.25, 0.3) is 0 Å². The van der Waals surface area contributed by atoms with E-state index < -0.39 is 0 Å². The highest BCUT2D eigenvalue weighted by Gasteiger charge is 2.11. The van der Waals surface area contributed by atoms with Crippen molar-refractivity contribution in [2.45, 2.75) is 6.54 Å². The molecule has 26 heavy (non-hydrogen) atoms. The average molecular weight is 370 g/mol. The molecule has 1 amide bonds. The maximum Gasteiger partial charge on any atom is 0.274 e. The Morgan fingerprint density at radius 3 is 2.77 bits per heavy atom. The summed E-state index contributed by atoms with van der Waals surface area (Å²) < 4.78 is 5.09. The Bertz CT molecular complexity index is 905. The summed E-state index contributed by atoms with van der Waals surface area (Å²) in [5, 5.41) is 6.19. The van der Waals surface area contributed by atoms with E-state index in [2.05, 4.69) is 25.6 Å². The highest BCUT2D eigenvalue weighted by molar-refractivity contribution is 6.32. The van der Waals surface area contributed by atoms with Gasteiger partial charge in [-0.15, -0.1) is 0 Å². The van der Waals surface area contributed by atoms with Crippen LogP contribution in [0.5, 0.6) is 5.75 Å². The highest BCUT2D eigenvalue weighted by atomic mass is 35.5. The molecule has 0 fully saturated rings. The fourth-order valence-corrected chi connectivity index (χ4v) is 2.44. The molecule has 0 aliphatic heterocycles. The van der Waals surface area contributed by atoms with Crippen molar-refractivity contribution in [2.24, 2.45) is 0 Å². The number of nitrogens with zero attached hydrogens (tertiary/aromatic N) is 3. The third-order valence-electron chi connectivity index (χ3n) is 3.45. The molecule has 1 aromatic carbocycles. The van der Waals surface area contributed by atoms with E-state index >= 15 is 0 Å². The van der Waals surface area contributed by atoms with Gasteiger partial charge in [0.25, 0.3) is 5.91 Å².